The molecule has 0 radical (unpaired) electrons. The first kappa shape index (κ1) is 7.86. The van der Waals surface area contributed by atoms with Crippen LogP contribution in [0.5, 0.6) is 0 Å². The van der Waals surface area contributed by atoms with E-state index in [1.807, 2.05) is 32.3 Å². The minimum Gasteiger partial charge on any atom is -0.351 e. The summed E-state index contributed by atoms with van der Waals surface area (Å²) in [7, 11) is 2.03. The van der Waals surface area contributed by atoms with Crippen LogP contribution in [0.15, 0.2) is 24.9 Å². The summed E-state index contributed by atoms with van der Waals surface area (Å²) in [5.41, 5.74) is 0. The summed E-state index contributed by atoms with van der Waals surface area (Å²) in [5, 5.41) is 2.47. The first-order valence-corrected chi connectivity index (χ1v) is 3.70. The maximum absolute atomic E-state index is 3.67. The van der Waals surface area contributed by atoms with Gasteiger partial charge in [0.1, 0.15) is 0 Å². The molecule has 1 rings (SSSR count). The lowest BCUT2D eigenvalue weighted by Crippen LogP contribution is -2.26. The Labute approximate surface area is 67.0 Å². The minimum atomic E-state index is 1.21. The van der Waals surface area contributed by atoms with E-state index in [9.17, 15) is 0 Å². The molecule has 0 bridgehead atoms. The molecule has 1 aromatic heterocycles. The van der Waals surface area contributed by atoms with Crippen molar-refractivity contribution in [3.8, 4) is 0 Å². The van der Waals surface area contributed by atoms with E-state index < -0.39 is 0 Å². The van der Waals surface area contributed by atoms with E-state index in [-0.39, 0.29) is 0 Å². The lowest BCUT2D eigenvalue weighted by molar-refractivity contribution is 0.889. The van der Waals surface area contributed by atoms with Gasteiger partial charge in [0.05, 0.1) is 0 Å². The van der Waals surface area contributed by atoms with Gasteiger partial charge in [-0.15, -0.1) is 0 Å². The summed E-state index contributed by atoms with van der Waals surface area (Å²) < 4.78 is 2.08. The summed E-state index contributed by atoms with van der Waals surface area (Å²) in [4.78, 5) is 0. The van der Waals surface area contributed by atoms with Crippen LogP contribution in [0.4, 0.5) is 0 Å². The maximum atomic E-state index is 3.67. The van der Waals surface area contributed by atoms with Gasteiger partial charge in [0.25, 0.3) is 0 Å². The molecule has 1 nitrogen and oxygen atoms in total. The number of hydrogen-bond donors (Lipinski definition) is 0. The van der Waals surface area contributed by atoms with E-state index >= 15 is 0 Å². The first-order chi connectivity index (χ1) is 5.29. The molecular weight excluding hydrogens is 134 g/mol. The third-order valence-corrected chi connectivity index (χ3v) is 1.74. The quantitative estimate of drug-likeness (QED) is 0.553. The fourth-order valence-electron chi connectivity index (χ4n) is 1.13. The summed E-state index contributed by atoms with van der Waals surface area (Å²) in [5.74, 6) is 0. The highest BCUT2D eigenvalue weighted by Gasteiger charge is 1.86. The molecule has 0 aliphatic rings. The molecule has 0 saturated heterocycles. The van der Waals surface area contributed by atoms with Crippen LogP contribution in [0, 0.1) is 0 Å². The molecule has 0 saturated carbocycles. The molecule has 11 heavy (non-hydrogen) atoms. The molecule has 0 aliphatic heterocycles. The Bertz CT molecular complexity index is 355. The van der Waals surface area contributed by atoms with Gasteiger partial charge in [-0.25, -0.2) is 0 Å². The normalized spacial score (nSPS) is 14.0. The highest BCUT2D eigenvalue weighted by atomic mass is 14.9. The van der Waals surface area contributed by atoms with Crippen molar-refractivity contribution >= 4 is 12.2 Å². The second-order valence-electron chi connectivity index (χ2n) is 2.46. The Kier molecular flexibility index (Phi) is 2.32. The van der Waals surface area contributed by atoms with Gasteiger partial charge in [-0.1, -0.05) is 18.7 Å². The lowest BCUT2D eigenvalue weighted by atomic mass is 10.4. The van der Waals surface area contributed by atoms with Gasteiger partial charge in [0, 0.05) is 18.6 Å². The van der Waals surface area contributed by atoms with Crippen LogP contribution in [-0.4, -0.2) is 4.57 Å². The zero-order valence-corrected chi connectivity index (χ0v) is 7.04. The summed E-state index contributed by atoms with van der Waals surface area (Å²) >= 11 is 0. The van der Waals surface area contributed by atoms with Gasteiger partial charge in [-0.05, 0) is 24.3 Å². The molecular formula is C10H13N. The van der Waals surface area contributed by atoms with Crippen LogP contribution in [0.2, 0.25) is 0 Å². The van der Waals surface area contributed by atoms with Crippen LogP contribution < -0.4 is 10.6 Å². The molecule has 0 aliphatic carbocycles. The zero-order valence-electron chi connectivity index (χ0n) is 7.04. The van der Waals surface area contributed by atoms with Crippen molar-refractivity contribution in [2.24, 2.45) is 7.05 Å². The van der Waals surface area contributed by atoms with E-state index in [1.54, 1.807) is 0 Å². The number of aryl methyl sites for hydroxylation is 1. The van der Waals surface area contributed by atoms with E-state index in [1.165, 1.54) is 10.6 Å². The lowest BCUT2D eigenvalue weighted by Gasteiger charge is -1.87. The van der Waals surface area contributed by atoms with Gasteiger partial charge in [0.15, 0.2) is 0 Å². The smallest absolute Gasteiger partial charge is 0.0474 e. The van der Waals surface area contributed by atoms with Crippen molar-refractivity contribution in [1.29, 1.82) is 0 Å². The number of aromatic nitrogens is 1. The highest BCUT2D eigenvalue weighted by molar-refractivity contribution is 5.35. The van der Waals surface area contributed by atoms with Crippen molar-refractivity contribution < 1.29 is 0 Å². The molecule has 0 N–H and O–H groups in total. The van der Waals surface area contributed by atoms with Gasteiger partial charge < -0.3 is 4.57 Å². The van der Waals surface area contributed by atoms with E-state index in [0.29, 0.717) is 0 Å². The minimum absolute atomic E-state index is 1.21. The summed E-state index contributed by atoms with van der Waals surface area (Å²) in [6, 6.07) is 2.09. The number of hydrogen-bond acceptors (Lipinski definition) is 0. The summed E-state index contributed by atoms with van der Waals surface area (Å²) in [6.45, 7) is 5.71. The Morgan fingerprint density at radius 3 is 2.82 bits per heavy atom. The third kappa shape index (κ3) is 1.43. The van der Waals surface area contributed by atoms with Crippen LogP contribution in [0.3, 0.4) is 0 Å². The fourth-order valence-corrected chi connectivity index (χ4v) is 1.13. The second-order valence-corrected chi connectivity index (χ2v) is 2.46. The Balaban J connectivity index is 3.54. The molecule has 0 spiro atoms. The monoisotopic (exact) mass is 147 g/mol. The molecule has 1 heteroatoms. The molecule has 0 fully saturated rings. The molecule has 0 amide bonds. The summed E-state index contributed by atoms with van der Waals surface area (Å²) in [6.07, 6.45) is 7.96. The van der Waals surface area contributed by atoms with Crippen molar-refractivity contribution in [2.75, 3.05) is 0 Å². The Morgan fingerprint density at radius 2 is 2.27 bits per heavy atom. The van der Waals surface area contributed by atoms with E-state index in [2.05, 4.69) is 23.3 Å². The standard InChI is InChI=1S/C10H13N/c1-4-6-10-9(5-2)7-8-11(10)3/h4-8H,1H2,2-3H3/b9-5-,10-6+. The second kappa shape index (κ2) is 3.24. The van der Waals surface area contributed by atoms with Gasteiger partial charge in [0.2, 0.25) is 0 Å². The molecule has 0 aromatic carbocycles. The molecule has 1 heterocycles. The topological polar surface area (TPSA) is 4.93 Å². The van der Waals surface area contributed by atoms with Crippen molar-refractivity contribution in [3.05, 3.63) is 35.5 Å². The van der Waals surface area contributed by atoms with Crippen molar-refractivity contribution in [2.45, 2.75) is 6.92 Å². The third-order valence-electron chi connectivity index (χ3n) is 1.74. The predicted octanol–water partition coefficient (Wildman–Crippen LogP) is 0.792. The number of nitrogens with zero attached hydrogens (tertiary/aromatic N) is 1. The first-order valence-electron chi connectivity index (χ1n) is 3.70. The highest BCUT2D eigenvalue weighted by Crippen LogP contribution is 1.72. The predicted molar refractivity (Wildman–Crippen MR) is 49.5 cm³/mol. The number of allylic oxidation sites excluding steroid dienone is 1. The largest absolute Gasteiger partial charge is 0.351 e. The average molecular weight is 147 g/mol. The van der Waals surface area contributed by atoms with E-state index in [4.69, 9.17) is 0 Å². The molecule has 58 valence electrons. The van der Waals surface area contributed by atoms with E-state index in [0.717, 1.165) is 0 Å². The van der Waals surface area contributed by atoms with Crippen molar-refractivity contribution in [1.82, 2.24) is 4.57 Å². The maximum Gasteiger partial charge on any atom is 0.0474 e. The van der Waals surface area contributed by atoms with Crippen LogP contribution >= 0.6 is 0 Å². The van der Waals surface area contributed by atoms with Crippen LogP contribution in [0.1, 0.15) is 6.92 Å². The van der Waals surface area contributed by atoms with Gasteiger partial charge in [-0.2, -0.15) is 0 Å². The van der Waals surface area contributed by atoms with Crippen molar-refractivity contribution in [3.63, 3.8) is 0 Å². The van der Waals surface area contributed by atoms with Gasteiger partial charge >= 0.3 is 0 Å². The molecule has 1 aromatic rings. The number of rotatable bonds is 1. The Morgan fingerprint density at radius 1 is 1.55 bits per heavy atom. The fraction of sp³-hybridized carbons (Fsp3) is 0.200. The van der Waals surface area contributed by atoms with Gasteiger partial charge in [-0.3, -0.25) is 0 Å². The van der Waals surface area contributed by atoms with Crippen LogP contribution in [0.25, 0.3) is 12.2 Å². The Hall–Kier alpha value is -1.24. The average Bonchev–Trinajstić information content (AvgIpc) is 2.34. The SMILES string of the molecule is C=C/C=c1\c(=C/C)ccn1C. The van der Waals surface area contributed by atoms with Crippen LogP contribution in [-0.2, 0) is 7.05 Å². The molecule has 0 atom stereocenters. The molecule has 0 unspecified atom stereocenters. The zero-order chi connectivity index (χ0) is 8.27.